The highest BCUT2D eigenvalue weighted by Crippen LogP contribution is 2.19. The van der Waals surface area contributed by atoms with Crippen LogP contribution in [0.25, 0.3) is 0 Å². The Hall–Kier alpha value is -1.55. The first-order valence-electron chi connectivity index (χ1n) is 7.33. The van der Waals surface area contributed by atoms with Gasteiger partial charge in [-0.3, -0.25) is 4.79 Å². The lowest BCUT2D eigenvalue weighted by Gasteiger charge is -2.25. The lowest BCUT2D eigenvalue weighted by atomic mass is 9.94. The summed E-state index contributed by atoms with van der Waals surface area (Å²) in [4.78, 5) is 14.1. The molecular formula is C16H24N2O2. The van der Waals surface area contributed by atoms with Gasteiger partial charge in [-0.15, -0.1) is 0 Å². The predicted octanol–water partition coefficient (Wildman–Crippen LogP) is 2.16. The fourth-order valence-corrected chi connectivity index (χ4v) is 2.66. The van der Waals surface area contributed by atoms with E-state index in [1.807, 2.05) is 7.05 Å². The standard InChI is InChI=1S/C16H24N2O2/c1-12-11-14(3-4-15(12)19)16(20)18(2)10-7-13-5-8-17-9-6-13/h3-4,11,13,17,19H,5-10H2,1-2H3. The van der Waals surface area contributed by atoms with Gasteiger partial charge in [0.25, 0.3) is 5.91 Å². The average Bonchev–Trinajstić information content (AvgIpc) is 2.48. The van der Waals surface area contributed by atoms with Crippen LogP contribution in [0.5, 0.6) is 5.75 Å². The van der Waals surface area contributed by atoms with E-state index in [0.29, 0.717) is 5.56 Å². The lowest BCUT2D eigenvalue weighted by molar-refractivity contribution is 0.0784. The summed E-state index contributed by atoms with van der Waals surface area (Å²) in [5.41, 5.74) is 1.38. The van der Waals surface area contributed by atoms with E-state index in [1.165, 1.54) is 12.8 Å². The molecule has 2 N–H and O–H groups in total. The van der Waals surface area contributed by atoms with Crippen molar-refractivity contribution in [2.24, 2.45) is 5.92 Å². The lowest BCUT2D eigenvalue weighted by Crippen LogP contribution is -2.32. The number of aromatic hydroxyl groups is 1. The third-order valence-electron chi connectivity index (χ3n) is 4.12. The van der Waals surface area contributed by atoms with E-state index < -0.39 is 0 Å². The van der Waals surface area contributed by atoms with E-state index in [2.05, 4.69) is 5.32 Å². The maximum absolute atomic E-state index is 12.3. The van der Waals surface area contributed by atoms with E-state index in [9.17, 15) is 9.90 Å². The van der Waals surface area contributed by atoms with Crippen molar-refractivity contribution in [2.45, 2.75) is 26.2 Å². The van der Waals surface area contributed by atoms with Crippen LogP contribution >= 0.6 is 0 Å². The molecule has 0 spiro atoms. The number of piperidine rings is 1. The summed E-state index contributed by atoms with van der Waals surface area (Å²) < 4.78 is 0. The van der Waals surface area contributed by atoms with Gasteiger partial charge in [-0.2, -0.15) is 0 Å². The molecule has 0 atom stereocenters. The molecule has 0 radical (unpaired) electrons. The Balaban J connectivity index is 1.89. The summed E-state index contributed by atoms with van der Waals surface area (Å²) in [6, 6.07) is 5.02. The SMILES string of the molecule is Cc1cc(C(=O)N(C)CCC2CCNCC2)ccc1O. The van der Waals surface area contributed by atoms with Crippen LogP contribution in [-0.2, 0) is 0 Å². The normalized spacial score (nSPS) is 16.1. The highest BCUT2D eigenvalue weighted by atomic mass is 16.3. The number of hydrogen-bond acceptors (Lipinski definition) is 3. The van der Waals surface area contributed by atoms with Crippen molar-refractivity contribution in [1.82, 2.24) is 10.2 Å². The molecule has 1 aromatic rings. The Morgan fingerprint density at radius 3 is 2.75 bits per heavy atom. The van der Waals surface area contributed by atoms with Crippen LogP contribution in [0.15, 0.2) is 18.2 Å². The second kappa shape index (κ2) is 6.75. The number of aryl methyl sites for hydroxylation is 1. The fourth-order valence-electron chi connectivity index (χ4n) is 2.66. The van der Waals surface area contributed by atoms with Crippen molar-refractivity contribution < 1.29 is 9.90 Å². The summed E-state index contributed by atoms with van der Waals surface area (Å²) in [5, 5.41) is 12.9. The number of nitrogens with one attached hydrogen (secondary N) is 1. The minimum absolute atomic E-state index is 0.0297. The quantitative estimate of drug-likeness (QED) is 0.886. The molecule has 1 amide bonds. The summed E-state index contributed by atoms with van der Waals surface area (Å²) in [5.74, 6) is 0.994. The molecule has 1 heterocycles. The Kier molecular flexibility index (Phi) is 5.01. The van der Waals surface area contributed by atoms with E-state index >= 15 is 0 Å². The molecule has 0 saturated carbocycles. The van der Waals surface area contributed by atoms with Gasteiger partial charge in [0.2, 0.25) is 0 Å². The fraction of sp³-hybridized carbons (Fsp3) is 0.562. The number of phenols is 1. The zero-order chi connectivity index (χ0) is 14.5. The topological polar surface area (TPSA) is 52.6 Å². The van der Waals surface area contributed by atoms with Crippen molar-refractivity contribution in [3.8, 4) is 5.75 Å². The van der Waals surface area contributed by atoms with Crippen LogP contribution in [0.4, 0.5) is 0 Å². The molecule has 1 saturated heterocycles. The molecular weight excluding hydrogens is 252 g/mol. The zero-order valence-electron chi connectivity index (χ0n) is 12.4. The summed E-state index contributed by atoms with van der Waals surface area (Å²) in [6.07, 6.45) is 3.49. The summed E-state index contributed by atoms with van der Waals surface area (Å²) >= 11 is 0. The van der Waals surface area contributed by atoms with Gasteiger partial charge in [-0.1, -0.05) is 0 Å². The number of phenolic OH excluding ortho intramolecular Hbond substituents is 1. The molecule has 2 rings (SSSR count). The number of benzene rings is 1. The number of amides is 1. The molecule has 110 valence electrons. The summed E-state index contributed by atoms with van der Waals surface area (Å²) in [6.45, 7) is 4.80. The van der Waals surface area contributed by atoms with Crippen LogP contribution < -0.4 is 5.32 Å². The van der Waals surface area contributed by atoms with Crippen LogP contribution in [0.1, 0.15) is 35.2 Å². The summed E-state index contributed by atoms with van der Waals surface area (Å²) in [7, 11) is 1.85. The monoisotopic (exact) mass is 276 g/mol. The highest BCUT2D eigenvalue weighted by Gasteiger charge is 2.17. The van der Waals surface area contributed by atoms with Crippen LogP contribution in [0.3, 0.4) is 0 Å². The van der Waals surface area contributed by atoms with Crippen LogP contribution in [0.2, 0.25) is 0 Å². The van der Waals surface area contributed by atoms with Crippen molar-refractivity contribution >= 4 is 5.91 Å². The maximum atomic E-state index is 12.3. The number of carbonyl (C=O) groups excluding carboxylic acids is 1. The highest BCUT2D eigenvalue weighted by molar-refractivity contribution is 5.94. The second-order valence-electron chi connectivity index (χ2n) is 5.71. The molecule has 0 unspecified atom stereocenters. The molecule has 20 heavy (non-hydrogen) atoms. The Bertz CT molecular complexity index is 468. The van der Waals surface area contributed by atoms with Crippen molar-refractivity contribution in [1.29, 1.82) is 0 Å². The number of hydrogen-bond donors (Lipinski definition) is 2. The van der Waals surface area contributed by atoms with Gasteiger partial charge in [0.15, 0.2) is 0 Å². The van der Waals surface area contributed by atoms with Gasteiger partial charge in [0.05, 0.1) is 0 Å². The van der Waals surface area contributed by atoms with Crippen molar-refractivity contribution in [3.05, 3.63) is 29.3 Å². The average molecular weight is 276 g/mol. The smallest absolute Gasteiger partial charge is 0.253 e. The molecule has 1 aliphatic heterocycles. The Labute approximate surface area is 120 Å². The van der Waals surface area contributed by atoms with Crippen LogP contribution in [-0.4, -0.2) is 42.6 Å². The zero-order valence-corrected chi connectivity index (χ0v) is 12.4. The third kappa shape index (κ3) is 3.73. The second-order valence-corrected chi connectivity index (χ2v) is 5.71. The number of rotatable bonds is 4. The largest absolute Gasteiger partial charge is 0.508 e. The third-order valence-corrected chi connectivity index (χ3v) is 4.12. The van der Waals surface area contributed by atoms with E-state index in [0.717, 1.165) is 37.5 Å². The molecule has 1 aromatic carbocycles. The van der Waals surface area contributed by atoms with Crippen molar-refractivity contribution in [2.75, 3.05) is 26.7 Å². The van der Waals surface area contributed by atoms with Crippen molar-refractivity contribution in [3.63, 3.8) is 0 Å². The minimum atomic E-state index is 0.0297. The molecule has 0 aromatic heterocycles. The molecule has 1 fully saturated rings. The van der Waals surface area contributed by atoms with Gasteiger partial charge in [0.1, 0.15) is 5.75 Å². The number of carbonyl (C=O) groups is 1. The molecule has 0 bridgehead atoms. The first kappa shape index (κ1) is 14.9. The van der Waals surface area contributed by atoms with Gasteiger partial charge < -0.3 is 15.3 Å². The first-order valence-corrected chi connectivity index (χ1v) is 7.33. The van der Waals surface area contributed by atoms with Crippen LogP contribution in [0, 0.1) is 12.8 Å². The van der Waals surface area contributed by atoms with Gasteiger partial charge in [-0.25, -0.2) is 0 Å². The Morgan fingerprint density at radius 2 is 2.10 bits per heavy atom. The minimum Gasteiger partial charge on any atom is -0.508 e. The molecule has 1 aliphatic rings. The van der Waals surface area contributed by atoms with Gasteiger partial charge >= 0.3 is 0 Å². The van der Waals surface area contributed by atoms with E-state index in [4.69, 9.17) is 0 Å². The number of nitrogens with zero attached hydrogens (tertiary/aromatic N) is 1. The van der Waals surface area contributed by atoms with Gasteiger partial charge in [-0.05, 0) is 69.0 Å². The van der Waals surface area contributed by atoms with Gasteiger partial charge in [0, 0.05) is 19.2 Å². The Morgan fingerprint density at radius 1 is 1.40 bits per heavy atom. The molecule has 4 heteroatoms. The molecule has 4 nitrogen and oxygen atoms in total. The van der Waals surface area contributed by atoms with E-state index in [-0.39, 0.29) is 11.7 Å². The molecule has 0 aliphatic carbocycles. The maximum Gasteiger partial charge on any atom is 0.253 e. The first-order chi connectivity index (χ1) is 9.58. The van der Waals surface area contributed by atoms with E-state index in [1.54, 1.807) is 30.0 Å². The predicted molar refractivity (Wildman–Crippen MR) is 80.0 cm³/mol.